The molecule has 0 fully saturated rings. The number of hydrogen-bond donors (Lipinski definition) is 1. The van der Waals surface area contributed by atoms with Crippen LogP contribution in [0.4, 0.5) is 13.2 Å². The van der Waals surface area contributed by atoms with E-state index in [1.54, 1.807) is 24.0 Å². The Labute approximate surface area is 145 Å². The van der Waals surface area contributed by atoms with Crippen LogP contribution in [0, 0.1) is 6.92 Å². The van der Waals surface area contributed by atoms with Crippen molar-refractivity contribution >= 4 is 21.6 Å². The quantitative estimate of drug-likeness (QED) is 0.747. The monoisotopic (exact) mass is 384 g/mol. The van der Waals surface area contributed by atoms with Crippen LogP contribution >= 0.6 is 0 Å². The number of carbonyl (C=O) groups is 1. The average Bonchev–Trinajstić information content (AvgIpc) is 3.01. The van der Waals surface area contributed by atoms with Gasteiger partial charge in [-0.25, -0.2) is 14.7 Å². The van der Waals surface area contributed by atoms with Crippen LogP contribution in [0.3, 0.4) is 0 Å². The third-order valence-electron chi connectivity index (χ3n) is 3.43. The number of imidazole rings is 1. The Morgan fingerprint density at radius 2 is 1.96 bits per heavy atom. The van der Waals surface area contributed by atoms with Gasteiger partial charge in [-0.2, -0.15) is 21.6 Å². The van der Waals surface area contributed by atoms with Gasteiger partial charge in [-0.3, -0.25) is 4.79 Å². The van der Waals surface area contributed by atoms with Crippen LogP contribution in [0.5, 0.6) is 0 Å². The van der Waals surface area contributed by atoms with Crippen molar-refractivity contribution in [2.75, 3.05) is 0 Å². The molecule has 136 valence electrons. The Bertz CT molecular complexity index is 1110. The molecule has 0 aromatic carbocycles. The summed E-state index contributed by atoms with van der Waals surface area (Å²) in [4.78, 5) is 19.6. The van der Waals surface area contributed by atoms with E-state index in [2.05, 4.69) is 9.97 Å². The normalized spacial score (nSPS) is 12.3. The summed E-state index contributed by atoms with van der Waals surface area (Å²) in [5.74, 6) is -1.11. The first-order valence-corrected chi connectivity index (χ1v) is 8.60. The highest BCUT2D eigenvalue weighted by Crippen LogP contribution is 2.32. The number of halogens is 3. The Morgan fingerprint density at radius 1 is 1.23 bits per heavy atom. The van der Waals surface area contributed by atoms with Crippen LogP contribution < -0.4 is 4.72 Å². The van der Waals surface area contributed by atoms with Crippen molar-refractivity contribution in [2.45, 2.75) is 18.1 Å². The van der Waals surface area contributed by atoms with E-state index in [4.69, 9.17) is 0 Å². The molecule has 0 bridgehead atoms. The van der Waals surface area contributed by atoms with Gasteiger partial charge in [0.1, 0.15) is 5.65 Å². The lowest BCUT2D eigenvalue weighted by Crippen LogP contribution is -2.33. The predicted octanol–water partition coefficient (Wildman–Crippen LogP) is 2.18. The van der Waals surface area contributed by atoms with Gasteiger partial charge in [0, 0.05) is 24.8 Å². The highest BCUT2D eigenvalue weighted by Gasteiger charge is 2.38. The molecule has 3 aromatic heterocycles. The lowest BCUT2D eigenvalue weighted by molar-refractivity contribution is -0.140. The fraction of sp³-hybridized carbons (Fsp3) is 0.133. The van der Waals surface area contributed by atoms with Gasteiger partial charge in [-0.1, -0.05) is 0 Å². The number of rotatable bonds is 3. The van der Waals surface area contributed by atoms with Crippen molar-refractivity contribution in [3.05, 3.63) is 59.7 Å². The molecule has 7 nitrogen and oxygen atoms in total. The molecule has 1 N–H and O–H groups in total. The molecule has 0 aliphatic heterocycles. The second kappa shape index (κ2) is 6.09. The van der Waals surface area contributed by atoms with Gasteiger partial charge in [0.25, 0.3) is 15.9 Å². The fourth-order valence-electron chi connectivity index (χ4n) is 2.39. The highest BCUT2D eigenvalue weighted by atomic mass is 32.2. The van der Waals surface area contributed by atoms with Gasteiger partial charge in [0.15, 0.2) is 5.03 Å². The molecular formula is C15H11F3N4O3S. The molecule has 3 rings (SSSR count). The molecule has 3 heterocycles. The van der Waals surface area contributed by atoms with Gasteiger partial charge in [-0.05, 0) is 30.7 Å². The number of nitrogens with zero attached hydrogens (tertiary/aromatic N) is 3. The smallest absolute Gasteiger partial charge is 0.306 e. The van der Waals surface area contributed by atoms with E-state index >= 15 is 0 Å². The minimum atomic E-state index is -4.94. The van der Waals surface area contributed by atoms with E-state index < -0.39 is 32.7 Å². The van der Waals surface area contributed by atoms with Crippen molar-refractivity contribution in [1.29, 1.82) is 0 Å². The zero-order chi connectivity index (χ0) is 19.1. The summed E-state index contributed by atoms with van der Waals surface area (Å²) in [6.45, 7) is 1.67. The van der Waals surface area contributed by atoms with Crippen LogP contribution in [-0.4, -0.2) is 28.7 Å². The summed E-state index contributed by atoms with van der Waals surface area (Å²) in [5.41, 5.74) is -0.759. The summed E-state index contributed by atoms with van der Waals surface area (Å²) < 4.78 is 66.9. The van der Waals surface area contributed by atoms with Crippen LogP contribution in [0.15, 0.2) is 48.0 Å². The van der Waals surface area contributed by atoms with Crippen molar-refractivity contribution in [3.8, 4) is 0 Å². The van der Waals surface area contributed by atoms with E-state index in [1.807, 2.05) is 0 Å². The maximum Gasteiger partial charge on any atom is 0.419 e. The van der Waals surface area contributed by atoms with Crippen molar-refractivity contribution in [2.24, 2.45) is 0 Å². The Hall–Kier alpha value is -2.95. The average molecular weight is 384 g/mol. The van der Waals surface area contributed by atoms with E-state index in [-0.39, 0.29) is 11.2 Å². The standard InChI is InChI=1S/C15H11F3N4O3S/c1-9-7-10(12-19-5-6-22(12)8-9)13(23)21-26(24,25)14-11(15(16,17)18)3-2-4-20-14/h2-8H,1H3,(H,21,23). The van der Waals surface area contributed by atoms with Crippen molar-refractivity contribution in [1.82, 2.24) is 19.1 Å². The molecule has 0 atom stereocenters. The number of nitrogens with one attached hydrogen (secondary N) is 1. The van der Waals surface area contributed by atoms with Crippen LogP contribution in [0.25, 0.3) is 5.65 Å². The third-order valence-corrected chi connectivity index (χ3v) is 4.72. The highest BCUT2D eigenvalue weighted by molar-refractivity contribution is 7.90. The number of sulfonamides is 1. The van der Waals surface area contributed by atoms with Gasteiger partial charge in [-0.15, -0.1) is 0 Å². The number of aromatic nitrogens is 3. The minimum Gasteiger partial charge on any atom is -0.306 e. The van der Waals surface area contributed by atoms with Crippen LogP contribution in [-0.2, 0) is 16.2 Å². The molecule has 0 unspecified atom stereocenters. The Morgan fingerprint density at radius 3 is 2.65 bits per heavy atom. The molecular weight excluding hydrogens is 373 g/mol. The Kier molecular flexibility index (Phi) is 4.18. The summed E-state index contributed by atoms with van der Waals surface area (Å²) in [5, 5.41) is -1.27. The summed E-state index contributed by atoms with van der Waals surface area (Å²) in [6.07, 6.45) is 0.567. The summed E-state index contributed by atoms with van der Waals surface area (Å²) >= 11 is 0. The fourth-order valence-corrected chi connectivity index (χ4v) is 3.51. The maximum absolute atomic E-state index is 13.0. The number of fused-ring (bicyclic) bond motifs is 1. The topological polar surface area (TPSA) is 93.4 Å². The van der Waals surface area contributed by atoms with Crippen molar-refractivity contribution < 1.29 is 26.4 Å². The predicted molar refractivity (Wildman–Crippen MR) is 83.8 cm³/mol. The number of carbonyl (C=O) groups excluding carboxylic acids is 1. The zero-order valence-electron chi connectivity index (χ0n) is 13.1. The molecule has 0 aliphatic carbocycles. The first-order chi connectivity index (χ1) is 12.1. The Balaban J connectivity index is 2.03. The molecule has 0 aliphatic rings. The van der Waals surface area contributed by atoms with E-state index in [0.717, 1.165) is 12.3 Å². The second-order valence-corrected chi connectivity index (χ2v) is 6.98. The van der Waals surface area contributed by atoms with Gasteiger partial charge >= 0.3 is 6.18 Å². The SMILES string of the molecule is Cc1cc(C(=O)NS(=O)(=O)c2ncccc2C(F)(F)F)c2nccn2c1. The number of alkyl halides is 3. The summed E-state index contributed by atoms with van der Waals surface area (Å²) in [6, 6.07) is 2.92. The number of hydrogen-bond acceptors (Lipinski definition) is 5. The van der Waals surface area contributed by atoms with Gasteiger partial charge < -0.3 is 4.40 Å². The third kappa shape index (κ3) is 3.25. The second-order valence-electron chi connectivity index (χ2n) is 5.38. The number of pyridine rings is 2. The molecule has 11 heteroatoms. The van der Waals surface area contributed by atoms with E-state index in [9.17, 15) is 26.4 Å². The van der Waals surface area contributed by atoms with Crippen molar-refractivity contribution in [3.63, 3.8) is 0 Å². The van der Waals surface area contributed by atoms with E-state index in [1.165, 1.54) is 16.7 Å². The number of aryl methyl sites for hydroxylation is 1. The molecule has 0 spiro atoms. The minimum absolute atomic E-state index is 0.0944. The number of amides is 1. The molecule has 0 radical (unpaired) electrons. The molecule has 1 amide bonds. The zero-order valence-corrected chi connectivity index (χ0v) is 14.0. The lowest BCUT2D eigenvalue weighted by Gasteiger charge is -2.13. The maximum atomic E-state index is 13.0. The molecule has 0 saturated heterocycles. The first kappa shape index (κ1) is 17.9. The van der Waals surface area contributed by atoms with Crippen LogP contribution in [0.2, 0.25) is 0 Å². The molecule has 26 heavy (non-hydrogen) atoms. The van der Waals surface area contributed by atoms with Gasteiger partial charge in [0.2, 0.25) is 0 Å². The summed E-state index contributed by atoms with van der Waals surface area (Å²) in [7, 11) is -4.85. The first-order valence-electron chi connectivity index (χ1n) is 7.12. The lowest BCUT2D eigenvalue weighted by atomic mass is 10.2. The van der Waals surface area contributed by atoms with E-state index in [0.29, 0.717) is 11.6 Å². The van der Waals surface area contributed by atoms with Gasteiger partial charge in [0.05, 0.1) is 11.1 Å². The molecule has 0 saturated carbocycles. The molecule has 3 aromatic rings. The van der Waals surface area contributed by atoms with Crippen LogP contribution in [0.1, 0.15) is 21.5 Å². The largest absolute Gasteiger partial charge is 0.419 e.